The zero-order valence-electron chi connectivity index (χ0n) is 7.54. The number of carbonyl (C=O) groups is 1. The van der Waals surface area contributed by atoms with Crippen LogP contribution in [0.25, 0.3) is 0 Å². The third-order valence-electron chi connectivity index (χ3n) is 1.69. The van der Waals surface area contributed by atoms with Crippen LogP contribution in [0.3, 0.4) is 0 Å². The Kier molecular flexibility index (Phi) is 3.49. The van der Waals surface area contributed by atoms with Crippen molar-refractivity contribution in [3.05, 3.63) is 22.2 Å². The van der Waals surface area contributed by atoms with Crippen LogP contribution >= 0.6 is 15.9 Å². The fraction of sp³-hybridized carbons (Fsp3) is 0.222. The van der Waals surface area contributed by atoms with Gasteiger partial charge >= 0.3 is 0 Å². The van der Waals surface area contributed by atoms with Crippen LogP contribution in [0.1, 0.15) is 12.5 Å². The molecule has 0 aliphatic heterocycles. The van der Waals surface area contributed by atoms with Gasteiger partial charge in [-0.05, 0) is 12.1 Å². The summed E-state index contributed by atoms with van der Waals surface area (Å²) in [7, 11) is 0. The van der Waals surface area contributed by atoms with Crippen molar-refractivity contribution in [2.45, 2.75) is 13.5 Å². The lowest BCUT2D eigenvalue weighted by Gasteiger charge is -2.11. The molecule has 5 heteroatoms. The molecule has 4 nitrogen and oxygen atoms in total. The van der Waals surface area contributed by atoms with Crippen molar-refractivity contribution in [1.29, 1.82) is 0 Å². The summed E-state index contributed by atoms with van der Waals surface area (Å²) >= 11 is 3.21. The molecule has 0 saturated carbocycles. The molecule has 1 aromatic rings. The van der Waals surface area contributed by atoms with Crippen molar-refractivity contribution < 1.29 is 15.0 Å². The average molecular weight is 260 g/mol. The van der Waals surface area contributed by atoms with E-state index < -0.39 is 0 Å². The number of phenols is 1. The summed E-state index contributed by atoms with van der Waals surface area (Å²) in [6, 6.07) is 3.04. The van der Waals surface area contributed by atoms with Gasteiger partial charge in [-0.2, -0.15) is 0 Å². The number of phenolic OH excluding ortho intramolecular Hbond substituents is 1. The van der Waals surface area contributed by atoms with Gasteiger partial charge in [0.2, 0.25) is 5.91 Å². The highest BCUT2D eigenvalue weighted by atomic mass is 79.9. The number of rotatable bonds is 2. The van der Waals surface area contributed by atoms with Crippen LogP contribution in [0.5, 0.6) is 5.75 Å². The van der Waals surface area contributed by atoms with Crippen molar-refractivity contribution >= 4 is 27.5 Å². The van der Waals surface area contributed by atoms with E-state index in [-0.39, 0.29) is 24.0 Å². The second-order valence-electron chi connectivity index (χ2n) is 2.76. The number of benzene rings is 1. The van der Waals surface area contributed by atoms with Crippen LogP contribution in [-0.4, -0.2) is 16.1 Å². The molecule has 0 radical (unpaired) electrons. The lowest BCUT2D eigenvalue weighted by Crippen LogP contribution is -2.08. The second kappa shape index (κ2) is 4.43. The highest BCUT2D eigenvalue weighted by Crippen LogP contribution is 2.33. The van der Waals surface area contributed by atoms with Crippen LogP contribution in [0.2, 0.25) is 0 Å². The van der Waals surface area contributed by atoms with E-state index in [4.69, 9.17) is 5.11 Å². The van der Waals surface area contributed by atoms with Crippen molar-refractivity contribution in [3.8, 4) is 5.75 Å². The van der Waals surface area contributed by atoms with E-state index in [0.29, 0.717) is 10.0 Å². The maximum Gasteiger partial charge on any atom is 0.221 e. The number of hydrogen-bond donors (Lipinski definition) is 3. The zero-order valence-corrected chi connectivity index (χ0v) is 9.13. The van der Waals surface area contributed by atoms with Crippen LogP contribution in [0.4, 0.5) is 5.69 Å². The Morgan fingerprint density at radius 3 is 2.71 bits per heavy atom. The number of halogens is 1. The van der Waals surface area contributed by atoms with Crippen LogP contribution in [-0.2, 0) is 11.4 Å². The number of amides is 1. The standard InChI is InChI=1S/C9H10BrNO3/c1-5(13)11-9-6(4-12)7(10)2-3-8(9)14/h2-3,12,14H,4H2,1H3,(H,11,13). The predicted molar refractivity (Wildman–Crippen MR) is 56.0 cm³/mol. The van der Waals surface area contributed by atoms with E-state index in [2.05, 4.69) is 21.2 Å². The minimum absolute atomic E-state index is 0.0625. The molecule has 0 saturated heterocycles. The Balaban J connectivity index is 3.22. The van der Waals surface area contributed by atoms with E-state index >= 15 is 0 Å². The summed E-state index contributed by atoms with van der Waals surface area (Å²) in [5.74, 6) is -0.361. The van der Waals surface area contributed by atoms with Gasteiger partial charge in [-0.1, -0.05) is 15.9 Å². The molecule has 76 valence electrons. The van der Waals surface area contributed by atoms with Gasteiger partial charge in [-0.15, -0.1) is 0 Å². The monoisotopic (exact) mass is 259 g/mol. The molecule has 3 N–H and O–H groups in total. The number of aliphatic hydroxyl groups excluding tert-OH is 1. The number of aliphatic hydroxyl groups is 1. The van der Waals surface area contributed by atoms with E-state index in [0.717, 1.165) is 0 Å². The number of hydrogen-bond acceptors (Lipinski definition) is 3. The highest BCUT2D eigenvalue weighted by Gasteiger charge is 2.11. The quantitative estimate of drug-likeness (QED) is 0.707. The molecule has 0 aliphatic rings. The summed E-state index contributed by atoms with van der Waals surface area (Å²) in [6.45, 7) is 1.08. The van der Waals surface area contributed by atoms with Crippen LogP contribution in [0.15, 0.2) is 16.6 Å². The first-order valence-corrected chi connectivity index (χ1v) is 4.74. The summed E-state index contributed by atoms with van der Waals surface area (Å²) in [5.41, 5.74) is 0.703. The fourth-order valence-electron chi connectivity index (χ4n) is 1.08. The molecule has 0 heterocycles. The van der Waals surface area contributed by atoms with Gasteiger partial charge in [-0.3, -0.25) is 4.79 Å². The maximum absolute atomic E-state index is 10.8. The Hall–Kier alpha value is -1.07. The normalized spacial score (nSPS) is 9.93. The van der Waals surface area contributed by atoms with Gasteiger partial charge in [0.25, 0.3) is 0 Å². The first-order chi connectivity index (χ1) is 6.56. The molecule has 0 aliphatic carbocycles. The highest BCUT2D eigenvalue weighted by molar-refractivity contribution is 9.10. The summed E-state index contributed by atoms with van der Waals surface area (Å²) in [5, 5.41) is 20.9. The number of anilines is 1. The third-order valence-corrected chi connectivity index (χ3v) is 2.44. The topological polar surface area (TPSA) is 69.6 Å². The molecule has 0 aromatic heterocycles. The van der Waals surface area contributed by atoms with Crippen molar-refractivity contribution in [2.24, 2.45) is 0 Å². The number of aromatic hydroxyl groups is 1. The molecule has 0 fully saturated rings. The summed E-state index contributed by atoms with van der Waals surface area (Å²) < 4.78 is 0.640. The Morgan fingerprint density at radius 1 is 1.57 bits per heavy atom. The molecule has 1 rings (SSSR count). The third kappa shape index (κ3) is 2.24. The Morgan fingerprint density at radius 2 is 2.21 bits per heavy atom. The molecule has 0 unspecified atom stereocenters. The minimum Gasteiger partial charge on any atom is -0.506 e. The Labute approximate surface area is 89.7 Å². The smallest absolute Gasteiger partial charge is 0.221 e. The number of nitrogens with one attached hydrogen (secondary N) is 1. The predicted octanol–water partition coefficient (Wildman–Crippen LogP) is 1.61. The molecular formula is C9H10BrNO3. The molecule has 0 atom stereocenters. The van der Waals surface area contributed by atoms with Gasteiger partial charge < -0.3 is 15.5 Å². The lowest BCUT2D eigenvalue weighted by molar-refractivity contribution is -0.114. The molecule has 0 spiro atoms. The van der Waals surface area contributed by atoms with Gasteiger partial charge in [0.15, 0.2) is 0 Å². The SMILES string of the molecule is CC(=O)Nc1c(O)ccc(Br)c1CO. The molecule has 1 amide bonds. The van der Waals surface area contributed by atoms with E-state index in [1.165, 1.54) is 13.0 Å². The molecule has 0 bridgehead atoms. The lowest BCUT2D eigenvalue weighted by atomic mass is 10.1. The Bertz CT molecular complexity index is 365. The van der Waals surface area contributed by atoms with Gasteiger partial charge in [0.05, 0.1) is 12.3 Å². The van der Waals surface area contributed by atoms with E-state index in [1.54, 1.807) is 6.07 Å². The fourth-order valence-corrected chi connectivity index (χ4v) is 1.54. The van der Waals surface area contributed by atoms with Crippen molar-refractivity contribution in [1.82, 2.24) is 0 Å². The first-order valence-electron chi connectivity index (χ1n) is 3.95. The van der Waals surface area contributed by atoms with E-state index in [1.807, 2.05) is 0 Å². The van der Waals surface area contributed by atoms with E-state index in [9.17, 15) is 9.90 Å². The second-order valence-corrected chi connectivity index (χ2v) is 3.61. The van der Waals surface area contributed by atoms with Crippen LogP contribution < -0.4 is 5.32 Å². The van der Waals surface area contributed by atoms with Crippen molar-refractivity contribution in [3.63, 3.8) is 0 Å². The van der Waals surface area contributed by atoms with Gasteiger partial charge in [0.1, 0.15) is 5.75 Å². The summed E-state index contributed by atoms with van der Waals surface area (Å²) in [6.07, 6.45) is 0. The number of carbonyl (C=O) groups excluding carboxylic acids is 1. The molecular weight excluding hydrogens is 250 g/mol. The zero-order chi connectivity index (χ0) is 10.7. The largest absolute Gasteiger partial charge is 0.506 e. The first kappa shape index (κ1) is 11.0. The van der Waals surface area contributed by atoms with Crippen LogP contribution in [0, 0.1) is 0 Å². The molecule has 1 aromatic carbocycles. The molecule has 14 heavy (non-hydrogen) atoms. The van der Waals surface area contributed by atoms with Gasteiger partial charge in [0, 0.05) is 17.0 Å². The van der Waals surface area contributed by atoms with Crippen molar-refractivity contribution in [2.75, 3.05) is 5.32 Å². The van der Waals surface area contributed by atoms with Gasteiger partial charge in [-0.25, -0.2) is 0 Å². The maximum atomic E-state index is 10.8. The summed E-state index contributed by atoms with van der Waals surface area (Å²) in [4.78, 5) is 10.8. The minimum atomic E-state index is -0.298. The average Bonchev–Trinajstić information content (AvgIpc) is 2.11.